The number of aromatic nitrogens is 3. The molecule has 6 nitrogen and oxygen atoms in total. The van der Waals surface area contributed by atoms with Crippen LogP contribution in [0.5, 0.6) is 0 Å². The van der Waals surface area contributed by atoms with E-state index in [1.807, 2.05) is 23.6 Å². The van der Waals surface area contributed by atoms with E-state index in [-0.39, 0.29) is 11.9 Å². The number of carbonyl (C=O) groups excluding carboxylic acids is 1. The van der Waals surface area contributed by atoms with E-state index < -0.39 is 0 Å². The van der Waals surface area contributed by atoms with E-state index in [0.717, 1.165) is 28.0 Å². The second kappa shape index (κ2) is 5.93. The lowest BCUT2D eigenvalue weighted by molar-refractivity contribution is 0.0618. The summed E-state index contributed by atoms with van der Waals surface area (Å²) in [6.45, 7) is 3.30. The van der Waals surface area contributed by atoms with Gasteiger partial charge in [0.25, 0.3) is 5.91 Å². The average molecular weight is 353 g/mol. The van der Waals surface area contributed by atoms with Gasteiger partial charge in [0.15, 0.2) is 5.69 Å². The lowest BCUT2D eigenvalue weighted by Crippen LogP contribution is -2.57. The highest BCUT2D eigenvalue weighted by Crippen LogP contribution is 2.29. The molecule has 2 bridgehead atoms. The molecular formula is C18H19N5OS. The standard InChI is InChI=1S/C18H19N5OS/c24-17(20-15-10-23-6-3-11(15)4-7-23)16-13-2-1-12(9-14(13)21-22-16)18-19-5-8-25-18/h1-2,5,8-9,11,15H,3-4,6-7,10H2,(H,20,24)(H,21,22)/t15-/m1/s1. The lowest BCUT2D eigenvalue weighted by Gasteiger charge is -2.44. The molecule has 25 heavy (non-hydrogen) atoms. The van der Waals surface area contributed by atoms with E-state index in [4.69, 9.17) is 0 Å². The number of carbonyl (C=O) groups is 1. The summed E-state index contributed by atoms with van der Waals surface area (Å²) in [6.07, 6.45) is 4.16. The summed E-state index contributed by atoms with van der Waals surface area (Å²) in [7, 11) is 0. The Morgan fingerprint density at radius 3 is 2.92 bits per heavy atom. The van der Waals surface area contributed by atoms with E-state index in [0.29, 0.717) is 11.6 Å². The Hall–Kier alpha value is -2.25. The summed E-state index contributed by atoms with van der Waals surface area (Å²) in [5.41, 5.74) is 2.39. The molecule has 1 atom stereocenters. The van der Waals surface area contributed by atoms with Crippen molar-refractivity contribution in [2.45, 2.75) is 18.9 Å². The normalized spacial score (nSPS) is 25.4. The second-order valence-corrected chi connectivity index (χ2v) is 7.78. The first-order valence-electron chi connectivity index (χ1n) is 8.69. The van der Waals surface area contributed by atoms with Crippen LogP contribution < -0.4 is 5.32 Å². The maximum Gasteiger partial charge on any atom is 0.272 e. The molecule has 3 aliphatic rings. The van der Waals surface area contributed by atoms with Gasteiger partial charge in [0, 0.05) is 35.1 Å². The van der Waals surface area contributed by atoms with Gasteiger partial charge in [-0.1, -0.05) is 6.07 Å². The number of fused-ring (bicyclic) bond motifs is 4. The minimum Gasteiger partial charge on any atom is -0.346 e. The number of nitrogens with zero attached hydrogens (tertiary/aromatic N) is 3. The van der Waals surface area contributed by atoms with Crippen molar-refractivity contribution in [1.82, 2.24) is 25.4 Å². The van der Waals surface area contributed by atoms with Gasteiger partial charge >= 0.3 is 0 Å². The minimum atomic E-state index is -0.0769. The summed E-state index contributed by atoms with van der Waals surface area (Å²) in [6, 6.07) is 6.21. The van der Waals surface area contributed by atoms with Crippen LogP contribution >= 0.6 is 11.3 Å². The molecule has 3 aromatic rings. The Morgan fingerprint density at radius 2 is 2.20 bits per heavy atom. The summed E-state index contributed by atoms with van der Waals surface area (Å²) in [5, 5.41) is 14.3. The molecule has 2 N–H and O–H groups in total. The maximum atomic E-state index is 12.8. The van der Waals surface area contributed by atoms with Crippen molar-refractivity contribution in [3.63, 3.8) is 0 Å². The van der Waals surface area contributed by atoms with Crippen LogP contribution in [0.25, 0.3) is 21.5 Å². The van der Waals surface area contributed by atoms with Gasteiger partial charge in [-0.25, -0.2) is 4.98 Å². The summed E-state index contributed by atoms with van der Waals surface area (Å²) in [4.78, 5) is 19.5. The Morgan fingerprint density at radius 1 is 1.32 bits per heavy atom. The number of amides is 1. The number of benzene rings is 1. The van der Waals surface area contributed by atoms with E-state index in [1.165, 1.54) is 25.9 Å². The highest BCUT2D eigenvalue weighted by atomic mass is 32.1. The first kappa shape index (κ1) is 15.0. The van der Waals surface area contributed by atoms with Crippen molar-refractivity contribution in [3.8, 4) is 10.6 Å². The Labute approximate surface area is 149 Å². The molecule has 6 rings (SSSR count). The summed E-state index contributed by atoms with van der Waals surface area (Å²) in [5.74, 6) is 0.530. The molecule has 128 valence electrons. The summed E-state index contributed by atoms with van der Waals surface area (Å²) < 4.78 is 0. The zero-order valence-corrected chi connectivity index (χ0v) is 14.6. The van der Waals surface area contributed by atoms with Gasteiger partial charge in [0.1, 0.15) is 5.01 Å². The average Bonchev–Trinajstić information content (AvgIpc) is 3.32. The maximum absolute atomic E-state index is 12.8. The molecule has 2 aromatic heterocycles. The molecule has 3 saturated heterocycles. The third-order valence-electron chi connectivity index (χ3n) is 5.43. The Balaban J connectivity index is 1.40. The van der Waals surface area contributed by atoms with Crippen molar-refractivity contribution in [2.24, 2.45) is 5.92 Å². The molecule has 0 aliphatic carbocycles. The van der Waals surface area contributed by atoms with E-state index in [9.17, 15) is 4.79 Å². The van der Waals surface area contributed by atoms with Gasteiger partial charge in [0.05, 0.1) is 5.52 Å². The molecule has 5 heterocycles. The number of hydrogen-bond acceptors (Lipinski definition) is 5. The molecular weight excluding hydrogens is 334 g/mol. The number of piperidine rings is 3. The summed E-state index contributed by atoms with van der Waals surface area (Å²) >= 11 is 1.60. The van der Waals surface area contributed by atoms with Gasteiger partial charge in [0.2, 0.25) is 0 Å². The molecule has 0 radical (unpaired) electrons. The minimum absolute atomic E-state index is 0.0769. The fraction of sp³-hybridized carbons (Fsp3) is 0.389. The number of nitrogens with one attached hydrogen (secondary N) is 2. The SMILES string of the molecule is O=C(N[C@@H]1CN2CCC1CC2)c1n[nH]c2cc(-c3nccs3)ccc12. The van der Waals surface area contributed by atoms with Crippen LogP contribution in [-0.2, 0) is 0 Å². The van der Waals surface area contributed by atoms with Gasteiger partial charge in [-0.2, -0.15) is 5.10 Å². The largest absolute Gasteiger partial charge is 0.346 e. The predicted molar refractivity (Wildman–Crippen MR) is 97.6 cm³/mol. The highest BCUT2D eigenvalue weighted by Gasteiger charge is 2.35. The van der Waals surface area contributed by atoms with Crippen molar-refractivity contribution in [3.05, 3.63) is 35.5 Å². The number of H-pyrrole nitrogens is 1. The highest BCUT2D eigenvalue weighted by molar-refractivity contribution is 7.13. The van der Waals surface area contributed by atoms with Crippen LogP contribution in [0, 0.1) is 5.92 Å². The lowest BCUT2D eigenvalue weighted by atomic mass is 9.84. The van der Waals surface area contributed by atoms with Crippen LogP contribution in [0.2, 0.25) is 0 Å². The van der Waals surface area contributed by atoms with Crippen LogP contribution in [0.4, 0.5) is 0 Å². The van der Waals surface area contributed by atoms with Crippen LogP contribution in [0.3, 0.4) is 0 Å². The quantitative estimate of drug-likeness (QED) is 0.759. The van der Waals surface area contributed by atoms with Gasteiger partial charge in [-0.3, -0.25) is 9.89 Å². The topological polar surface area (TPSA) is 73.9 Å². The monoisotopic (exact) mass is 353 g/mol. The molecule has 1 aromatic carbocycles. The van der Waals surface area contributed by atoms with Crippen molar-refractivity contribution >= 4 is 28.1 Å². The number of hydrogen-bond donors (Lipinski definition) is 2. The Bertz CT molecular complexity index is 911. The fourth-order valence-electron chi connectivity index (χ4n) is 4.06. The van der Waals surface area contributed by atoms with Crippen LogP contribution in [-0.4, -0.2) is 51.7 Å². The molecule has 0 saturated carbocycles. The number of rotatable bonds is 3. The van der Waals surface area contributed by atoms with Crippen LogP contribution in [0.15, 0.2) is 29.8 Å². The van der Waals surface area contributed by atoms with E-state index in [2.05, 4.69) is 25.4 Å². The van der Waals surface area contributed by atoms with Crippen LogP contribution in [0.1, 0.15) is 23.3 Å². The molecule has 3 aliphatic heterocycles. The molecule has 1 amide bonds. The zero-order valence-electron chi connectivity index (χ0n) is 13.7. The second-order valence-electron chi connectivity index (χ2n) is 6.89. The smallest absolute Gasteiger partial charge is 0.272 e. The predicted octanol–water partition coefficient (Wildman–Crippen LogP) is 2.51. The van der Waals surface area contributed by atoms with Gasteiger partial charge in [-0.05, 0) is 44.0 Å². The number of aromatic amines is 1. The van der Waals surface area contributed by atoms with Crippen molar-refractivity contribution < 1.29 is 4.79 Å². The molecule has 7 heteroatoms. The zero-order chi connectivity index (χ0) is 16.8. The molecule has 0 spiro atoms. The van der Waals surface area contributed by atoms with Gasteiger partial charge < -0.3 is 10.2 Å². The third-order valence-corrected chi connectivity index (χ3v) is 6.25. The third kappa shape index (κ3) is 2.63. The first-order valence-corrected chi connectivity index (χ1v) is 9.57. The number of thiazole rings is 1. The Kier molecular flexibility index (Phi) is 3.57. The van der Waals surface area contributed by atoms with Crippen molar-refractivity contribution in [1.29, 1.82) is 0 Å². The fourth-order valence-corrected chi connectivity index (χ4v) is 4.69. The molecule has 3 fully saturated rings. The first-order chi connectivity index (χ1) is 12.3. The van der Waals surface area contributed by atoms with Gasteiger partial charge in [-0.15, -0.1) is 11.3 Å². The van der Waals surface area contributed by atoms with Crippen molar-refractivity contribution in [2.75, 3.05) is 19.6 Å². The van der Waals surface area contributed by atoms with E-state index >= 15 is 0 Å². The van der Waals surface area contributed by atoms with E-state index in [1.54, 1.807) is 17.5 Å². The molecule has 0 unspecified atom stereocenters.